The Kier molecular flexibility index (Phi) is 3.28. The molecule has 1 aromatic carbocycles. The van der Waals surface area contributed by atoms with E-state index in [0.717, 1.165) is 30.4 Å². The van der Waals surface area contributed by atoms with E-state index in [0.29, 0.717) is 12.0 Å². The van der Waals surface area contributed by atoms with Crippen molar-refractivity contribution in [2.45, 2.75) is 19.3 Å². The van der Waals surface area contributed by atoms with Crippen LogP contribution < -0.4 is 0 Å². The van der Waals surface area contributed by atoms with E-state index in [1.165, 1.54) is 11.6 Å². The monoisotopic (exact) mass is 226 g/mol. The third-order valence-electron chi connectivity index (χ3n) is 2.96. The lowest BCUT2D eigenvalue weighted by molar-refractivity contribution is -0.102. The summed E-state index contributed by atoms with van der Waals surface area (Å²) in [6.07, 6.45) is 4.68. The van der Waals surface area contributed by atoms with Crippen molar-refractivity contribution in [2.75, 3.05) is 0 Å². The number of nitrogens with one attached hydrogen (secondary N) is 2. The van der Waals surface area contributed by atoms with Gasteiger partial charge in [-0.1, -0.05) is 24.3 Å². The zero-order valence-electron chi connectivity index (χ0n) is 9.49. The number of hydrogen-bond donors (Lipinski definition) is 2. The standard InChI is InChI=1S/C14H14N2O/c15-12(9-17)8-11-6-3-5-10-4-1-2-7-13(10)14(11)16/h1-2,4,7-9,15-16H,3,5-6H2/b11-8-,15-12?,16-14?. The van der Waals surface area contributed by atoms with E-state index in [2.05, 4.69) is 0 Å². The van der Waals surface area contributed by atoms with E-state index < -0.39 is 0 Å². The van der Waals surface area contributed by atoms with Crippen molar-refractivity contribution >= 4 is 17.7 Å². The van der Waals surface area contributed by atoms with E-state index in [-0.39, 0.29) is 5.71 Å². The molecule has 0 aliphatic heterocycles. The first kappa shape index (κ1) is 11.5. The van der Waals surface area contributed by atoms with Crippen LogP contribution in [0.4, 0.5) is 0 Å². The van der Waals surface area contributed by atoms with Gasteiger partial charge in [-0.15, -0.1) is 0 Å². The predicted octanol–water partition coefficient (Wildman–Crippen LogP) is 2.54. The van der Waals surface area contributed by atoms with E-state index in [1.54, 1.807) is 0 Å². The van der Waals surface area contributed by atoms with Gasteiger partial charge in [-0.05, 0) is 36.5 Å². The van der Waals surface area contributed by atoms with Crippen LogP contribution in [0, 0.1) is 10.8 Å². The predicted molar refractivity (Wildman–Crippen MR) is 68.1 cm³/mol. The molecule has 0 bridgehead atoms. The zero-order chi connectivity index (χ0) is 12.3. The molecule has 1 aromatic rings. The van der Waals surface area contributed by atoms with E-state index in [1.807, 2.05) is 24.3 Å². The molecule has 0 heterocycles. The molecule has 0 unspecified atom stereocenters. The Morgan fingerprint density at radius 1 is 1.24 bits per heavy atom. The summed E-state index contributed by atoms with van der Waals surface area (Å²) in [5.41, 5.74) is 3.27. The number of allylic oxidation sites excluding steroid dienone is 2. The van der Waals surface area contributed by atoms with Crippen LogP contribution in [0.25, 0.3) is 0 Å². The van der Waals surface area contributed by atoms with Gasteiger partial charge in [0.15, 0.2) is 6.29 Å². The molecule has 86 valence electrons. The summed E-state index contributed by atoms with van der Waals surface area (Å²) in [4.78, 5) is 10.5. The quantitative estimate of drug-likeness (QED) is 0.454. The molecule has 0 amide bonds. The summed E-state index contributed by atoms with van der Waals surface area (Å²) in [7, 11) is 0. The van der Waals surface area contributed by atoms with Crippen LogP contribution in [-0.4, -0.2) is 17.7 Å². The number of aryl methyl sites for hydroxylation is 1. The number of carbonyl (C=O) groups is 1. The Labute approximate surface area is 100 Å². The second kappa shape index (κ2) is 4.87. The highest BCUT2D eigenvalue weighted by Gasteiger charge is 2.16. The number of rotatable bonds is 2. The van der Waals surface area contributed by atoms with Crippen LogP contribution in [0.5, 0.6) is 0 Å². The molecule has 17 heavy (non-hydrogen) atoms. The summed E-state index contributed by atoms with van der Waals surface area (Å²) < 4.78 is 0. The van der Waals surface area contributed by atoms with Gasteiger partial charge >= 0.3 is 0 Å². The smallest absolute Gasteiger partial charge is 0.167 e. The van der Waals surface area contributed by atoms with Gasteiger partial charge in [-0.25, -0.2) is 0 Å². The average Bonchev–Trinajstić information content (AvgIpc) is 2.51. The van der Waals surface area contributed by atoms with Gasteiger partial charge < -0.3 is 0 Å². The third kappa shape index (κ3) is 2.38. The highest BCUT2D eigenvalue weighted by Crippen LogP contribution is 2.23. The molecule has 1 aliphatic rings. The molecule has 3 nitrogen and oxygen atoms in total. The Morgan fingerprint density at radius 2 is 2.00 bits per heavy atom. The molecule has 0 radical (unpaired) electrons. The van der Waals surface area contributed by atoms with Gasteiger partial charge in [-0.3, -0.25) is 15.6 Å². The molecule has 0 saturated heterocycles. The van der Waals surface area contributed by atoms with Crippen molar-refractivity contribution in [3.8, 4) is 0 Å². The maximum atomic E-state index is 10.5. The topological polar surface area (TPSA) is 64.8 Å². The molecular weight excluding hydrogens is 212 g/mol. The number of carbonyl (C=O) groups excluding carboxylic acids is 1. The largest absolute Gasteiger partial charge is 0.300 e. The van der Waals surface area contributed by atoms with Crippen molar-refractivity contribution in [2.24, 2.45) is 0 Å². The molecule has 0 spiro atoms. The Morgan fingerprint density at radius 3 is 2.76 bits per heavy atom. The van der Waals surface area contributed by atoms with Gasteiger partial charge in [0.05, 0.1) is 11.4 Å². The molecule has 0 fully saturated rings. The molecule has 2 rings (SSSR count). The van der Waals surface area contributed by atoms with E-state index in [9.17, 15) is 4.79 Å². The maximum Gasteiger partial charge on any atom is 0.167 e. The van der Waals surface area contributed by atoms with Crippen molar-refractivity contribution in [1.82, 2.24) is 0 Å². The summed E-state index contributed by atoms with van der Waals surface area (Å²) in [6, 6.07) is 7.87. The summed E-state index contributed by atoms with van der Waals surface area (Å²) in [5, 5.41) is 15.5. The fourth-order valence-corrected chi connectivity index (χ4v) is 2.12. The SMILES string of the molecule is N=C(C=O)/C=C1/CCCc2ccccc2C1=N. The van der Waals surface area contributed by atoms with Crippen molar-refractivity contribution < 1.29 is 4.79 Å². The summed E-state index contributed by atoms with van der Waals surface area (Å²) in [5.74, 6) is 0. The lowest BCUT2D eigenvalue weighted by atomic mass is 9.98. The number of hydrogen-bond acceptors (Lipinski definition) is 3. The van der Waals surface area contributed by atoms with Gasteiger partial charge in [0, 0.05) is 5.56 Å². The number of benzene rings is 1. The molecule has 0 saturated carbocycles. The molecule has 3 heteroatoms. The average molecular weight is 226 g/mol. The first-order chi connectivity index (χ1) is 8.22. The van der Waals surface area contributed by atoms with Crippen LogP contribution >= 0.6 is 0 Å². The second-order valence-corrected chi connectivity index (χ2v) is 4.13. The Bertz CT molecular complexity index is 515. The van der Waals surface area contributed by atoms with Gasteiger partial charge in [0.25, 0.3) is 0 Å². The fraction of sp³-hybridized carbons (Fsp3) is 0.214. The normalized spacial score (nSPS) is 17.4. The van der Waals surface area contributed by atoms with E-state index in [4.69, 9.17) is 10.8 Å². The number of fused-ring (bicyclic) bond motifs is 1. The van der Waals surface area contributed by atoms with Gasteiger partial charge in [0.2, 0.25) is 0 Å². The van der Waals surface area contributed by atoms with Crippen LogP contribution in [0.15, 0.2) is 35.9 Å². The Hall–Kier alpha value is -2.03. The fourth-order valence-electron chi connectivity index (χ4n) is 2.12. The summed E-state index contributed by atoms with van der Waals surface area (Å²) >= 11 is 0. The van der Waals surface area contributed by atoms with Crippen molar-refractivity contribution in [1.29, 1.82) is 10.8 Å². The minimum absolute atomic E-state index is 0.0656. The molecule has 2 N–H and O–H groups in total. The van der Waals surface area contributed by atoms with Crippen LogP contribution in [-0.2, 0) is 11.2 Å². The number of aldehydes is 1. The zero-order valence-corrected chi connectivity index (χ0v) is 9.49. The first-order valence-electron chi connectivity index (χ1n) is 5.64. The maximum absolute atomic E-state index is 10.5. The third-order valence-corrected chi connectivity index (χ3v) is 2.96. The lowest BCUT2D eigenvalue weighted by Gasteiger charge is -2.07. The molecule has 0 atom stereocenters. The summed E-state index contributed by atoms with van der Waals surface area (Å²) in [6.45, 7) is 0. The minimum atomic E-state index is -0.0656. The van der Waals surface area contributed by atoms with Crippen LogP contribution in [0.2, 0.25) is 0 Å². The van der Waals surface area contributed by atoms with Crippen LogP contribution in [0.3, 0.4) is 0 Å². The van der Waals surface area contributed by atoms with Crippen molar-refractivity contribution in [3.63, 3.8) is 0 Å². The second-order valence-electron chi connectivity index (χ2n) is 4.13. The van der Waals surface area contributed by atoms with Gasteiger partial charge in [0.1, 0.15) is 0 Å². The highest BCUT2D eigenvalue weighted by molar-refractivity contribution is 6.34. The molecular formula is C14H14N2O. The lowest BCUT2D eigenvalue weighted by Crippen LogP contribution is -2.06. The molecule has 0 aromatic heterocycles. The van der Waals surface area contributed by atoms with E-state index >= 15 is 0 Å². The molecule has 1 aliphatic carbocycles. The van der Waals surface area contributed by atoms with Crippen molar-refractivity contribution in [3.05, 3.63) is 47.0 Å². The van der Waals surface area contributed by atoms with Crippen LogP contribution in [0.1, 0.15) is 24.0 Å². The first-order valence-corrected chi connectivity index (χ1v) is 5.64. The van der Waals surface area contributed by atoms with Gasteiger partial charge in [-0.2, -0.15) is 0 Å². The minimum Gasteiger partial charge on any atom is -0.300 e. The Balaban J connectivity index is 2.42. The highest BCUT2D eigenvalue weighted by atomic mass is 16.1.